The molecule has 1 heterocycles. The quantitative estimate of drug-likeness (QED) is 0.669. The zero-order valence-corrected chi connectivity index (χ0v) is 8.29. The van der Waals surface area contributed by atoms with Crippen molar-refractivity contribution >= 4 is 28.6 Å². The number of hydrogen-bond acceptors (Lipinski definition) is 1. The van der Waals surface area contributed by atoms with Crippen molar-refractivity contribution in [1.82, 2.24) is 0 Å². The van der Waals surface area contributed by atoms with E-state index in [1.165, 1.54) is 0 Å². The highest BCUT2D eigenvalue weighted by Crippen LogP contribution is 2.18. The van der Waals surface area contributed by atoms with Crippen LogP contribution < -0.4 is 0 Å². The first-order chi connectivity index (χ1) is 6.75. The van der Waals surface area contributed by atoms with Crippen LogP contribution in [0.25, 0.3) is 17.0 Å². The first kappa shape index (κ1) is 9.10. The molecule has 0 saturated carbocycles. The second-order valence-electron chi connectivity index (χ2n) is 3.00. The average Bonchev–Trinajstić information content (AvgIpc) is 2.61. The predicted molar refractivity (Wildman–Crippen MR) is 60.2 cm³/mol. The maximum Gasteiger partial charge on any atom is 0.133 e. The zero-order chi connectivity index (χ0) is 9.97. The maximum atomic E-state index is 5.63. The van der Waals surface area contributed by atoms with Crippen molar-refractivity contribution in [1.29, 1.82) is 0 Å². The van der Waals surface area contributed by atoms with Crippen molar-refractivity contribution in [2.24, 2.45) is 0 Å². The Kier molecular flexibility index (Phi) is 2.42. The standard InChI is InChI=1S/C12H9ClO/c1-9(13)2-3-10-4-5-12-11(8-10)6-7-14-12/h2-8H,1H2/b3-2+. The lowest BCUT2D eigenvalue weighted by atomic mass is 10.1. The lowest BCUT2D eigenvalue weighted by Crippen LogP contribution is -1.70. The molecule has 0 amide bonds. The van der Waals surface area contributed by atoms with Crippen molar-refractivity contribution < 1.29 is 4.42 Å². The summed E-state index contributed by atoms with van der Waals surface area (Å²) in [5.74, 6) is 0. The van der Waals surface area contributed by atoms with Crippen molar-refractivity contribution in [2.75, 3.05) is 0 Å². The van der Waals surface area contributed by atoms with E-state index in [4.69, 9.17) is 16.0 Å². The summed E-state index contributed by atoms with van der Waals surface area (Å²) in [6.45, 7) is 3.58. The van der Waals surface area contributed by atoms with Crippen LogP contribution in [0.2, 0.25) is 0 Å². The monoisotopic (exact) mass is 204 g/mol. The average molecular weight is 205 g/mol. The van der Waals surface area contributed by atoms with Crippen molar-refractivity contribution in [3.05, 3.63) is 53.8 Å². The molecule has 2 aromatic rings. The van der Waals surface area contributed by atoms with Gasteiger partial charge in [-0.25, -0.2) is 0 Å². The number of allylic oxidation sites excluding steroid dienone is 2. The molecule has 0 spiro atoms. The summed E-state index contributed by atoms with van der Waals surface area (Å²) in [4.78, 5) is 0. The Balaban J connectivity index is 2.39. The lowest BCUT2D eigenvalue weighted by Gasteiger charge is -1.92. The summed E-state index contributed by atoms with van der Waals surface area (Å²) in [5.41, 5.74) is 1.98. The smallest absolute Gasteiger partial charge is 0.133 e. The maximum absolute atomic E-state index is 5.63. The van der Waals surface area contributed by atoms with Crippen molar-refractivity contribution in [2.45, 2.75) is 0 Å². The van der Waals surface area contributed by atoms with E-state index in [9.17, 15) is 0 Å². The van der Waals surface area contributed by atoms with E-state index < -0.39 is 0 Å². The molecular formula is C12H9ClO. The number of benzene rings is 1. The number of hydrogen-bond donors (Lipinski definition) is 0. The molecule has 1 aromatic carbocycles. The third-order valence-electron chi connectivity index (χ3n) is 1.93. The lowest BCUT2D eigenvalue weighted by molar-refractivity contribution is 0.616. The summed E-state index contributed by atoms with van der Waals surface area (Å²) in [6.07, 6.45) is 5.36. The third kappa shape index (κ3) is 1.88. The molecule has 0 N–H and O–H groups in total. The van der Waals surface area contributed by atoms with Gasteiger partial charge in [0, 0.05) is 10.4 Å². The second-order valence-corrected chi connectivity index (χ2v) is 3.48. The highest BCUT2D eigenvalue weighted by atomic mass is 35.5. The molecule has 1 aromatic heterocycles. The molecule has 0 aliphatic heterocycles. The van der Waals surface area contributed by atoms with E-state index in [1.54, 1.807) is 12.3 Å². The normalized spacial score (nSPS) is 11.2. The van der Waals surface area contributed by atoms with E-state index in [0.29, 0.717) is 5.03 Å². The first-order valence-electron chi connectivity index (χ1n) is 4.25. The van der Waals surface area contributed by atoms with Crippen LogP contribution in [0.4, 0.5) is 0 Å². The van der Waals surface area contributed by atoms with Crippen molar-refractivity contribution in [3.8, 4) is 0 Å². The summed E-state index contributed by atoms with van der Waals surface area (Å²) in [5, 5.41) is 1.62. The predicted octanol–water partition coefficient (Wildman–Crippen LogP) is 4.20. The topological polar surface area (TPSA) is 13.1 Å². The molecule has 1 nitrogen and oxygen atoms in total. The van der Waals surface area contributed by atoms with E-state index >= 15 is 0 Å². The van der Waals surface area contributed by atoms with Crippen LogP contribution in [-0.4, -0.2) is 0 Å². The van der Waals surface area contributed by atoms with Gasteiger partial charge in [-0.3, -0.25) is 0 Å². The Hall–Kier alpha value is -1.47. The fourth-order valence-corrected chi connectivity index (χ4v) is 1.34. The highest BCUT2D eigenvalue weighted by Gasteiger charge is 1.95. The van der Waals surface area contributed by atoms with Crippen LogP contribution in [0.15, 0.2) is 52.6 Å². The van der Waals surface area contributed by atoms with Gasteiger partial charge in [-0.05, 0) is 29.8 Å². The fraction of sp³-hybridized carbons (Fsp3) is 0. The summed E-state index contributed by atoms with van der Waals surface area (Å²) in [7, 11) is 0. The second kappa shape index (κ2) is 3.72. The fourth-order valence-electron chi connectivity index (χ4n) is 1.28. The van der Waals surface area contributed by atoms with Crippen molar-refractivity contribution in [3.63, 3.8) is 0 Å². The summed E-state index contributed by atoms with van der Waals surface area (Å²) in [6, 6.07) is 7.88. The number of rotatable bonds is 2. The van der Waals surface area contributed by atoms with Gasteiger partial charge >= 0.3 is 0 Å². The summed E-state index contributed by atoms with van der Waals surface area (Å²) >= 11 is 5.63. The molecule has 0 unspecified atom stereocenters. The van der Waals surface area contributed by atoms with E-state index in [2.05, 4.69) is 6.58 Å². The number of halogens is 1. The first-order valence-corrected chi connectivity index (χ1v) is 4.63. The molecule has 0 radical (unpaired) electrons. The van der Waals surface area contributed by atoms with Gasteiger partial charge in [-0.1, -0.05) is 30.3 Å². The SMILES string of the molecule is C=C(Cl)/C=C/c1ccc2occc2c1. The van der Waals surface area contributed by atoms with Gasteiger partial charge in [-0.2, -0.15) is 0 Å². The molecule has 0 atom stereocenters. The molecule has 0 bridgehead atoms. The molecule has 70 valence electrons. The van der Waals surface area contributed by atoms with Crippen LogP contribution in [0.5, 0.6) is 0 Å². The highest BCUT2D eigenvalue weighted by molar-refractivity contribution is 6.31. The Morgan fingerprint density at radius 3 is 3.00 bits per heavy atom. The van der Waals surface area contributed by atoms with Crippen LogP contribution in [0, 0.1) is 0 Å². The number of furan rings is 1. The van der Waals surface area contributed by atoms with Crippen LogP contribution in [0.1, 0.15) is 5.56 Å². The Bertz CT molecular complexity index is 494. The van der Waals surface area contributed by atoms with Crippen LogP contribution in [0.3, 0.4) is 0 Å². The molecule has 2 rings (SSSR count). The van der Waals surface area contributed by atoms with Crippen LogP contribution >= 0.6 is 11.6 Å². The largest absolute Gasteiger partial charge is 0.464 e. The van der Waals surface area contributed by atoms with E-state index in [0.717, 1.165) is 16.5 Å². The van der Waals surface area contributed by atoms with Gasteiger partial charge in [-0.15, -0.1) is 0 Å². The van der Waals surface area contributed by atoms with Gasteiger partial charge in [0.1, 0.15) is 5.58 Å². The van der Waals surface area contributed by atoms with Gasteiger partial charge in [0.2, 0.25) is 0 Å². The Labute approximate surface area is 87.3 Å². The summed E-state index contributed by atoms with van der Waals surface area (Å²) < 4.78 is 5.23. The van der Waals surface area contributed by atoms with Gasteiger partial charge in [0.25, 0.3) is 0 Å². The Morgan fingerprint density at radius 2 is 2.21 bits per heavy atom. The molecule has 2 heteroatoms. The van der Waals surface area contributed by atoms with Gasteiger partial charge in [0.05, 0.1) is 6.26 Å². The van der Waals surface area contributed by atoms with E-state index in [1.807, 2.05) is 30.3 Å². The molecule has 0 saturated heterocycles. The van der Waals surface area contributed by atoms with Gasteiger partial charge in [0.15, 0.2) is 0 Å². The molecule has 0 fully saturated rings. The van der Waals surface area contributed by atoms with Gasteiger partial charge < -0.3 is 4.42 Å². The third-order valence-corrected chi connectivity index (χ3v) is 2.06. The molecule has 0 aliphatic rings. The Morgan fingerprint density at radius 1 is 1.36 bits per heavy atom. The minimum atomic E-state index is 0.525. The zero-order valence-electron chi connectivity index (χ0n) is 7.53. The molecular weight excluding hydrogens is 196 g/mol. The molecule has 14 heavy (non-hydrogen) atoms. The minimum absolute atomic E-state index is 0.525. The van der Waals surface area contributed by atoms with E-state index in [-0.39, 0.29) is 0 Å². The number of fused-ring (bicyclic) bond motifs is 1. The van der Waals surface area contributed by atoms with Crippen LogP contribution in [-0.2, 0) is 0 Å². The minimum Gasteiger partial charge on any atom is -0.464 e. The molecule has 0 aliphatic carbocycles.